The van der Waals surface area contributed by atoms with Gasteiger partial charge in [-0.2, -0.15) is 0 Å². The molecule has 0 radical (unpaired) electrons. The number of nitrogens with one attached hydrogen (secondary N) is 1. The molecule has 28 heavy (non-hydrogen) atoms. The third kappa shape index (κ3) is 4.26. The van der Waals surface area contributed by atoms with Crippen LogP contribution in [0.15, 0.2) is 54.7 Å². The second-order valence-electron chi connectivity index (χ2n) is 6.96. The summed E-state index contributed by atoms with van der Waals surface area (Å²) in [7, 11) is 0. The fraction of sp³-hybridized carbons (Fsp3) is 0.261. The maximum absolute atomic E-state index is 6.02. The Morgan fingerprint density at radius 1 is 0.929 bits per heavy atom. The van der Waals surface area contributed by atoms with Gasteiger partial charge in [0.2, 0.25) is 6.79 Å². The summed E-state index contributed by atoms with van der Waals surface area (Å²) in [5.74, 6) is 2.57. The number of hydrogen-bond donors (Lipinski definition) is 1. The van der Waals surface area contributed by atoms with Gasteiger partial charge in [-0.25, -0.2) is 0 Å². The Labute approximate surface area is 165 Å². The van der Waals surface area contributed by atoms with Gasteiger partial charge in [-0.3, -0.25) is 4.98 Å². The molecule has 4 rings (SSSR count). The molecular formula is C23H24N2O3. The summed E-state index contributed by atoms with van der Waals surface area (Å²) in [6, 6.07) is 16.2. The van der Waals surface area contributed by atoms with Crippen LogP contribution in [0.5, 0.6) is 17.2 Å². The van der Waals surface area contributed by atoms with Gasteiger partial charge in [0.15, 0.2) is 11.5 Å². The van der Waals surface area contributed by atoms with Crippen molar-refractivity contribution in [2.75, 3.05) is 6.79 Å². The van der Waals surface area contributed by atoms with Crippen molar-refractivity contribution in [2.45, 2.75) is 33.5 Å². The number of nitrogens with zero attached hydrogens (tertiary/aromatic N) is 1. The molecule has 1 N–H and O–H groups in total. The van der Waals surface area contributed by atoms with E-state index in [1.807, 2.05) is 30.3 Å². The van der Waals surface area contributed by atoms with E-state index in [2.05, 4.69) is 42.3 Å². The average molecular weight is 376 g/mol. The molecule has 0 saturated carbocycles. The lowest BCUT2D eigenvalue weighted by atomic mass is 10.1. The summed E-state index contributed by atoms with van der Waals surface area (Å²) in [6.07, 6.45) is 1.79. The van der Waals surface area contributed by atoms with E-state index in [-0.39, 0.29) is 0 Å². The van der Waals surface area contributed by atoms with Crippen molar-refractivity contribution in [2.24, 2.45) is 0 Å². The fourth-order valence-corrected chi connectivity index (χ4v) is 3.40. The number of aromatic nitrogens is 1. The van der Waals surface area contributed by atoms with Crippen LogP contribution in [0.1, 0.15) is 27.9 Å². The summed E-state index contributed by atoms with van der Waals surface area (Å²) in [6.45, 7) is 6.51. The number of pyridine rings is 1. The Hall–Kier alpha value is -3.05. The van der Waals surface area contributed by atoms with Crippen LogP contribution in [0.3, 0.4) is 0 Å². The highest BCUT2D eigenvalue weighted by molar-refractivity contribution is 5.45. The van der Waals surface area contributed by atoms with Gasteiger partial charge in [0.25, 0.3) is 0 Å². The molecule has 1 aliphatic heterocycles. The van der Waals surface area contributed by atoms with E-state index < -0.39 is 0 Å². The van der Waals surface area contributed by atoms with Crippen LogP contribution in [0.25, 0.3) is 0 Å². The Bertz CT molecular complexity index is 934. The van der Waals surface area contributed by atoms with Crippen LogP contribution in [0.2, 0.25) is 0 Å². The summed E-state index contributed by atoms with van der Waals surface area (Å²) in [5, 5.41) is 3.49. The van der Waals surface area contributed by atoms with E-state index in [1.54, 1.807) is 6.20 Å². The Morgan fingerprint density at radius 3 is 2.50 bits per heavy atom. The zero-order chi connectivity index (χ0) is 19.3. The van der Waals surface area contributed by atoms with Crippen molar-refractivity contribution in [3.8, 4) is 17.2 Å². The van der Waals surface area contributed by atoms with Crippen molar-refractivity contribution in [1.82, 2.24) is 10.3 Å². The molecule has 0 fully saturated rings. The third-order valence-electron chi connectivity index (χ3n) is 4.71. The zero-order valence-corrected chi connectivity index (χ0v) is 16.2. The molecule has 144 valence electrons. The number of aryl methyl sites for hydroxylation is 2. The van der Waals surface area contributed by atoms with Gasteiger partial charge in [0, 0.05) is 19.3 Å². The maximum atomic E-state index is 6.02. The molecule has 1 aromatic heterocycles. The molecule has 0 aliphatic carbocycles. The quantitative estimate of drug-likeness (QED) is 0.666. The predicted molar refractivity (Wildman–Crippen MR) is 108 cm³/mol. The lowest BCUT2D eigenvalue weighted by molar-refractivity contribution is 0.174. The highest BCUT2D eigenvalue weighted by Crippen LogP contribution is 2.32. The minimum Gasteiger partial charge on any atom is -0.487 e. The molecule has 2 aromatic carbocycles. The summed E-state index contributed by atoms with van der Waals surface area (Å²) < 4.78 is 16.8. The van der Waals surface area contributed by atoms with Crippen molar-refractivity contribution < 1.29 is 14.2 Å². The third-order valence-corrected chi connectivity index (χ3v) is 4.71. The SMILES string of the molecule is Cc1cc(CNCc2ccc3c(c2)OCO3)cc(C)c1OCc1ccccn1. The van der Waals surface area contributed by atoms with Crippen LogP contribution < -0.4 is 19.5 Å². The van der Waals surface area contributed by atoms with Crippen LogP contribution in [-0.4, -0.2) is 11.8 Å². The normalized spacial score (nSPS) is 12.2. The number of rotatable bonds is 7. The largest absolute Gasteiger partial charge is 0.487 e. The van der Waals surface area contributed by atoms with Gasteiger partial charge >= 0.3 is 0 Å². The van der Waals surface area contributed by atoms with E-state index in [0.717, 1.165) is 47.2 Å². The molecule has 5 nitrogen and oxygen atoms in total. The molecule has 0 amide bonds. The van der Waals surface area contributed by atoms with Crippen molar-refractivity contribution in [3.63, 3.8) is 0 Å². The van der Waals surface area contributed by atoms with Gasteiger partial charge in [-0.1, -0.05) is 24.3 Å². The highest BCUT2D eigenvalue weighted by Gasteiger charge is 2.13. The molecule has 1 aliphatic rings. The smallest absolute Gasteiger partial charge is 0.231 e. The Balaban J connectivity index is 1.35. The van der Waals surface area contributed by atoms with Gasteiger partial charge < -0.3 is 19.5 Å². The molecule has 5 heteroatoms. The molecule has 2 heterocycles. The lowest BCUT2D eigenvalue weighted by Gasteiger charge is -2.14. The topological polar surface area (TPSA) is 52.6 Å². The van der Waals surface area contributed by atoms with Crippen molar-refractivity contribution in [3.05, 3.63) is 82.7 Å². The lowest BCUT2D eigenvalue weighted by Crippen LogP contribution is -2.13. The first-order chi connectivity index (χ1) is 13.7. The number of hydrogen-bond acceptors (Lipinski definition) is 5. The second-order valence-corrected chi connectivity index (χ2v) is 6.96. The second kappa shape index (κ2) is 8.31. The molecule has 0 unspecified atom stereocenters. The van der Waals surface area contributed by atoms with Gasteiger partial charge in [-0.15, -0.1) is 0 Å². The summed E-state index contributed by atoms with van der Waals surface area (Å²) >= 11 is 0. The van der Waals surface area contributed by atoms with E-state index in [4.69, 9.17) is 14.2 Å². The van der Waals surface area contributed by atoms with Gasteiger partial charge in [0.1, 0.15) is 12.4 Å². The minimum absolute atomic E-state index is 0.305. The first kappa shape index (κ1) is 18.3. The zero-order valence-electron chi connectivity index (χ0n) is 16.2. The molecule has 0 bridgehead atoms. The molecule has 0 saturated heterocycles. The van der Waals surface area contributed by atoms with E-state index >= 15 is 0 Å². The van der Waals surface area contributed by atoms with Crippen LogP contribution in [0, 0.1) is 13.8 Å². The predicted octanol–water partition coefficient (Wildman–Crippen LogP) is 4.30. The molecule has 0 spiro atoms. The van der Waals surface area contributed by atoms with E-state index in [9.17, 15) is 0 Å². The number of benzene rings is 2. The molecule has 3 aromatic rings. The number of fused-ring (bicyclic) bond motifs is 1. The summed E-state index contributed by atoms with van der Waals surface area (Å²) in [5.41, 5.74) is 5.61. The van der Waals surface area contributed by atoms with Crippen LogP contribution >= 0.6 is 0 Å². The van der Waals surface area contributed by atoms with E-state index in [1.165, 1.54) is 11.1 Å². The van der Waals surface area contributed by atoms with Gasteiger partial charge in [0.05, 0.1) is 5.69 Å². The fourth-order valence-electron chi connectivity index (χ4n) is 3.40. The summed E-state index contributed by atoms with van der Waals surface area (Å²) in [4.78, 5) is 4.31. The maximum Gasteiger partial charge on any atom is 0.231 e. The highest BCUT2D eigenvalue weighted by atomic mass is 16.7. The standard InChI is InChI=1S/C23H24N2O3/c1-16-9-19(10-17(2)23(16)26-14-20-5-3-4-8-25-20)13-24-12-18-6-7-21-22(11-18)28-15-27-21/h3-11,24H,12-15H2,1-2H3. The Kier molecular flexibility index (Phi) is 5.44. The monoisotopic (exact) mass is 376 g/mol. The van der Waals surface area contributed by atoms with Gasteiger partial charge in [-0.05, 0) is 60.4 Å². The number of ether oxygens (including phenoxy) is 3. The first-order valence-corrected chi connectivity index (χ1v) is 9.41. The molecule has 0 atom stereocenters. The van der Waals surface area contributed by atoms with Crippen LogP contribution in [0.4, 0.5) is 0 Å². The molecular weight excluding hydrogens is 352 g/mol. The minimum atomic E-state index is 0.305. The first-order valence-electron chi connectivity index (χ1n) is 9.41. The van der Waals surface area contributed by atoms with Crippen molar-refractivity contribution in [1.29, 1.82) is 0 Å². The van der Waals surface area contributed by atoms with Crippen LogP contribution in [-0.2, 0) is 19.7 Å². The van der Waals surface area contributed by atoms with Crippen molar-refractivity contribution >= 4 is 0 Å². The van der Waals surface area contributed by atoms with E-state index in [0.29, 0.717) is 13.4 Å². The average Bonchev–Trinajstić information content (AvgIpc) is 3.16. The Morgan fingerprint density at radius 2 is 1.71 bits per heavy atom.